The number of amides is 1. The van der Waals surface area contributed by atoms with Crippen molar-refractivity contribution in [2.45, 2.75) is 20.4 Å². The third-order valence-corrected chi connectivity index (χ3v) is 3.06. The van der Waals surface area contributed by atoms with Gasteiger partial charge in [-0.2, -0.15) is 0 Å². The van der Waals surface area contributed by atoms with Gasteiger partial charge in [-0.1, -0.05) is 59.7 Å². The Morgan fingerprint density at radius 1 is 0.950 bits per heavy atom. The smallest absolute Gasteiger partial charge is 0.292 e. The highest BCUT2D eigenvalue weighted by atomic mass is 16.2. The zero-order valence-corrected chi connectivity index (χ0v) is 11.6. The van der Waals surface area contributed by atoms with E-state index in [0.717, 1.165) is 16.7 Å². The third kappa shape index (κ3) is 3.54. The average molecular weight is 267 g/mol. The van der Waals surface area contributed by atoms with Crippen LogP contribution in [0.15, 0.2) is 48.5 Å². The van der Waals surface area contributed by atoms with Gasteiger partial charge in [-0.15, -0.1) is 0 Å². The largest absolute Gasteiger partial charge is 0.345 e. The SMILES string of the molecule is Cc1ccc(C(=O)C(=O)NCc2cccc(C)c2)cc1. The monoisotopic (exact) mass is 267 g/mol. The predicted molar refractivity (Wildman–Crippen MR) is 78.5 cm³/mol. The molecule has 0 bridgehead atoms. The Labute approximate surface area is 118 Å². The first kappa shape index (κ1) is 14.0. The summed E-state index contributed by atoms with van der Waals surface area (Å²) in [6, 6.07) is 14.8. The van der Waals surface area contributed by atoms with Crippen molar-refractivity contribution >= 4 is 11.7 Å². The lowest BCUT2D eigenvalue weighted by Crippen LogP contribution is -2.30. The molecule has 0 aliphatic rings. The lowest BCUT2D eigenvalue weighted by Gasteiger charge is -2.05. The summed E-state index contributed by atoms with van der Waals surface area (Å²) in [6.45, 7) is 4.28. The van der Waals surface area contributed by atoms with E-state index < -0.39 is 11.7 Å². The molecule has 0 fully saturated rings. The summed E-state index contributed by atoms with van der Waals surface area (Å²) in [5.41, 5.74) is 3.58. The number of hydrogen-bond acceptors (Lipinski definition) is 2. The summed E-state index contributed by atoms with van der Waals surface area (Å²) in [5, 5.41) is 2.65. The average Bonchev–Trinajstić information content (AvgIpc) is 2.45. The molecule has 0 aliphatic carbocycles. The molecule has 1 N–H and O–H groups in total. The highest BCUT2D eigenvalue weighted by Crippen LogP contribution is 2.06. The molecule has 1 amide bonds. The fourth-order valence-electron chi connectivity index (χ4n) is 1.92. The standard InChI is InChI=1S/C17H17NO2/c1-12-6-8-15(9-7-12)16(19)17(20)18-11-14-5-3-4-13(2)10-14/h3-10H,11H2,1-2H3,(H,18,20). The summed E-state index contributed by atoms with van der Waals surface area (Å²) in [6.07, 6.45) is 0. The Kier molecular flexibility index (Phi) is 4.31. The van der Waals surface area contributed by atoms with Crippen LogP contribution in [0.25, 0.3) is 0 Å². The van der Waals surface area contributed by atoms with Crippen molar-refractivity contribution in [3.63, 3.8) is 0 Å². The van der Waals surface area contributed by atoms with Crippen molar-refractivity contribution in [2.75, 3.05) is 0 Å². The number of Topliss-reactive ketones (excluding diaryl/α,β-unsaturated/α-hetero) is 1. The number of hydrogen-bond donors (Lipinski definition) is 1. The highest BCUT2D eigenvalue weighted by Gasteiger charge is 2.15. The van der Waals surface area contributed by atoms with Crippen molar-refractivity contribution in [3.05, 3.63) is 70.8 Å². The van der Waals surface area contributed by atoms with Crippen LogP contribution in [0, 0.1) is 13.8 Å². The molecule has 0 saturated heterocycles. The van der Waals surface area contributed by atoms with Crippen LogP contribution in [0.1, 0.15) is 27.0 Å². The van der Waals surface area contributed by atoms with E-state index in [1.165, 1.54) is 0 Å². The minimum absolute atomic E-state index is 0.359. The Morgan fingerprint density at radius 3 is 2.30 bits per heavy atom. The maximum atomic E-state index is 11.9. The first-order chi connectivity index (χ1) is 9.56. The Morgan fingerprint density at radius 2 is 1.65 bits per heavy atom. The van der Waals surface area contributed by atoms with E-state index in [4.69, 9.17) is 0 Å². The van der Waals surface area contributed by atoms with Crippen LogP contribution in [0.3, 0.4) is 0 Å². The molecule has 2 aromatic rings. The van der Waals surface area contributed by atoms with Gasteiger partial charge < -0.3 is 5.32 Å². The van der Waals surface area contributed by atoms with Gasteiger partial charge >= 0.3 is 0 Å². The molecule has 0 radical (unpaired) electrons. The fraction of sp³-hybridized carbons (Fsp3) is 0.176. The molecular weight excluding hydrogens is 250 g/mol. The van der Waals surface area contributed by atoms with Gasteiger partial charge in [0.1, 0.15) is 0 Å². The van der Waals surface area contributed by atoms with Crippen molar-refractivity contribution in [1.29, 1.82) is 0 Å². The van der Waals surface area contributed by atoms with Gasteiger partial charge in [0.25, 0.3) is 5.91 Å². The van der Waals surface area contributed by atoms with E-state index in [1.54, 1.807) is 12.1 Å². The van der Waals surface area contributed by atoms with E-state index >= 15 is 0 Å². The van der Waals surface area contributed by atoms with Crippen LogP contribution in [0.5, 0.6) is 0 Å². The first-order valence-corrected chi connectivity index (χ1v) is 6.51. The third-order valence-electron chi connectivity index (χ3n) is 3.06. The number of rotatable bonds is 4. The van der Waals surface area contributed by atoms with Crippen LogP contribution in [0.4, 0.5) is 0 Å². The van der Waals surface area contributed by atoms with Crippen molar-refractivity contribution in [2.24, 2.45) is 0 Å². The molecule has 20 heavy (non-hydrogen) atoms. The molecule has 0 spiro atoms. The number of carbonyl (C=O) groups is 2. The molecule has 0 aromatic heterocycles. The second kappa shape index (κ2) is 6.15. The van der Waals surface area contributed by atoms with Gasteiger partial charge in [-0.05, 0) is 19.4 Å². The van der Waals surface area contributed by atoms with Gasteiger partial charge in [0.05, 0.1) is 0 Å². The predicted octanol–water partition coefficient (Wildman–Crippen LogP) is 2.80. The number of ketones is 1. The summed E-state index contributed by atoms with van der Waals surface area (Å²) in [7, 11) is 0. The maximum Gasteiger partial charge on any atom is 0.292 e. The fourth-order valence-corrected chi connectivity index (χ4v) is 1.92. The van der Waals surface area contributed by atoms with Crippen LogP contribution < -0.4 is 5.32 Å². The Hall–Kier alpha value is -2.42. The second-order valence-corrected chi connectivity index (χ2v) is 4.87. The molecule has 0 atom stereocenters. The maximum absolute atomic E-state index is 11.9. The lowest BCUT2D eigenvalue weighted by atomic mass is 10.1. The first-order valence-electron chi connectivity index (χ1n) is 6.51. The van der Waals surface area contributed by atoms with Crippen molar-refractivity contribution < 1.29 is 9.59 Å². The van der Waals surface area contributed by atoms with Crippen LogP contribution in [-0.4, -0.2) is 11.7 Å². The van der Waals surface area contributed by atoms with E-state index in [2.05, 4.69) is 5.32 Å². The second-order valence-electron chi connectivity index (χ2n) is 4.87. The molecule has 0 heterocycles. The summed E-state index contributed by atoms with van der Waals surface area (Å²) in [5.74, 6) is -1.08. The minimum atomic E-state index is -0.574. The van der Waals surface area contributed by atoms with Crippen LogP contribution in [0.2, 0.25) is 0 Å². The number of carbonyl (C=O) groups excluding carboxylic acids is 2. The summed E-state index contributed by atoms with van der Waals surface area (Å²) < 4.78 is 0. The highest BCUT2D eigenvalue weighted by molar-refractivity contribution is 6.42. The molecule has 3 nitrogen and oxygen atoms in total. The lowest BCUT2D eigenvalue weighted by molar-refractivity contribution is -0.117. The number of aryl methyl sites for hydroxylation is 2. The Balaban J connectivity index is 1.98. The van der Waals surface area contributed by atoms with Crippen molar-refractivity contribution in [1.82, 2.24) is 5.32 Å². The zero-order valence-electron chi connectivity index (χ0n) is 11.6. The van der Waals surface area contributed by atoms with Gasteiger partial charge in [0.15, 0.2) is 0 Å². The molecule has 0 aliphatic heterocycles. The van der Waals surface area contributed by atoms with Crippen LogP contribution >= 0.6 is 0 Å². The van der Waals surface area contributed by atoms with Crippen molar-refractivity contribution in [3.8, 4) is 0 Å². The van der Waals surface area contributed by atoms with Gasteiger partial charge in [0, 0.05) is 12.1 Å². The van der Waals surface area contributed by atoms with E-state index in [0.29, 0.717) is 12.1 Å². The molecule has 3 heteroatoms. The molecule has 0 saturated carbocycles. The number of benzene rings is 2. The quantitative estimate of drug-likeness (QED) is 0.684. The zero-order chi connectivity index (χ0) is 14.5. The Bertz CT molecular complexity index is 630. The molecule has 2 rings (SSSR count). The molecule has 0 unspecified atom stereocenters. The van der Waals surface area contributed by atoms with Gasteiger partial charge in [-0.3, -0.25) is 9.59 Å². The van der Waals surface area contributed by atoms with E-state index in [9.17, 15) is 9.59 Å². The summed E-state index contributed by atoms with van der Waals surface area (Å²) in [4.78, 5) is 23.8. The van der Waals surface area contributed by atoms with E-state index in [-0.39, 0.29) is 0 Å². The van der Waals surface area contributed by atoms with Gasteiger partial charge in [-0.25, -0.2) is 0 Å². The molecular formula is C17H17NO2. The number of nitrogens with one attached hydrogen (secondary N) is 1. The normalized spacial score (nSPS) is 10.1. The summed E-state index contributed by atoms with van der Waals surface area (Å²) >= 11 is 0. The molecule has 2 aromatic carbocycles. The van der Waals surface area contributed by atoms with Gasteiger partial charge in [0.2, 0.25) is 5.78 Å². The minimum Gasteiger partial charge on any atom is -0.345 e. The van der Waals surface area contributed by atoms with Crippen LogP contribution in [-0.2, 0) is 11.3 Å². The molecule has 102 valence electrons. The topological polar surface area (TPSA) is 46.2 Å². The van der Waals surface area contributed by atoms with E-state index in [1.807, 2.05) is 50.2 Å².